The Hall–Kier alpha value is -3.84. The van der Waals surface area contributed by atoms with Gasteiger partial charge in [-0.15, -0.1) is 11.3 Å². The molecule has 1 N–H and O–H groups in total. The Morgan fingerprint density at radius 3 is 2.70 bits per heavy atom. The highest BCUT2D eigenvalue weighted by Crippen LogP contribution is 2.36. The van der Waals surface area contributed by atoms with Crippen LogP contribution in [0.3, 0.4) is 0 Å². The Balaban J connectivity index is 1.39. The van der Waals surface area contributed by atoms with E-state index in [0.717, 1.165) is 44.9 Å². The van der Waals surface area contributed by atoms with Crippen LogP contribution in [-0.4, -0.2) is 28.3 Å². The summed E-state index contributed by atoms with van der Waals surface area (Å²) in [6.45, 7) is 4.62. The zero-order valence-electron chi connectivity index (χ0n) is 18.3. The summed E-state index contributed by atoms with van der Waals surface area (Å²) >= 11 is 1.44. The van der Waals surface area contributed by atoms with Gasteiger partial charge in [0.1, 0.15) is 0 Å². The van der Waals surface area contributed by atoms with Crippen molar-refractivity contribution in [2.24, 2.45) is 0 Å². The SMILES string of the molecule is Cc1ccccc1C(=O)N1CCc2cc(-c3nc(NC(=O)c4cccnc4)sc3C)ccc21. The van der Waals surface area contributed by atoms with Gasteiger partial charge in [-0.1, -0.05) is 24.3 Å². The van der Waals surface area contributed by atoms with Crippen LogP contribution in [0.4, 0.5) is 10.8 Å². The zero-order valence-corrected chi connectivity index (χ0v) is 19.1. The number of hydrogen-bond acceptors (Lipinski definition) is 5. The van der Waals surface area contributed by atoms with Crippen molar-refractivity contribution in [3.05, 3.63) is 94.1 Å². The van der Waals surface area contributed by atoms with Crippen molar-refractivity contribution >= 4 is 34.0 Å². The summed E-state index contributed by atoms with van der Waals surface area (Å²) in [5, 5.41) is 3.41. The van der Waals surface area contributed by atoms with Crippen LogP contribution in [0.15, 0.2) is 67.0 Å². The summed E-state index contributed by atoms with van der Waals surface area (Å²) in [6, 6.07) is 17.2. The Morgan fingerprint density at radius 1 is 1.06 bits per heavy atom. The van der Waals surface area contributed by atoms with Crippen molar-refractivity contribution < 1.29 is 9.59 Å². The van der Waals surface area contributed by atoms with Crippen LogP contribution in [0.1, 0.15) is 36.7 Å². The van der Waals surface area contributed by atoms with E-state index < -0.39 is 0 Å². The number of nitrogens with one attached hydrogen (secondary N) is 1. The average molecular weight is 455 g/mol. The Kier molecular flexibility index (Phi) is 5.48. The lowest BCUT2D eigenvalue weighted by molar-refractivity contribution is 0.0987. The van der Waals surface area contributed by atoms with Crippen LogP contribution in [0, 0.1) is 13.8 Å². The Morgan fingerprint density at radius 2 is 1.91 bits per heavy atom. The number of carbonyl (C=O) groups excluding carboxylic acids is 2. The predicted molar refractivity (Wildman–Crippen MR) is 131 cm³/mol. The molecule has 2 amide bonds. The summed E-state index contributed by atoms with van der Waals surface area (Å²) in [7, 11) is 0. The molecule has 6 nitrogen and oxygen atoms in total. The number of aromatic nitrogens is 2. The van der Waals surface area contributed by atoms with Crippen LogP contribution in [0.2, 0.25) is 0 Å². The van der Waals surface area contributed by atoms with Gasteiger partial charge in [0.05, 0.1) is 11.3 Å². The van der Waals surface area contributed by atoms with Gasteiger partial charge in [-0.25, -0.2) is 4.98 Å². The number of hydrogen-bond donors (Lipinski definition) is 1. The van der Waals surface area contributed by atoms with Gasteiger partial charge in [-0.3, -0.25) is 19.9 Å². The third-order valence-corrected chi connectivity index (χ3v) is 6.70. The van der Waals surface area contributed by atoms with Gasteiger partial charge in [0.25, 0.3) is 11.8 Å². The molecule has 5 rings (SSSR count). The number of amides is 2. The maximum absolute atomic E-state index is 13.1. The Bertz CT molecular complexity index is 1360. The molecule has 33 heavy (non-hydrogen) atoms. The monoisotopic (exact) mass is 454 g/mol. The van der Waals surface area contributed by atoms with E-state index in [2.05, 4.69) is 21.4 Å². The fraction of sp³-hybridized carbons (Fsp3) is 0.154. The van der Waals surface area contributed by atoms with Gasteiger partial charge in [-0.05, 0) is 61.7 Å². The van der Waals surface area contributed by atoms with Gasteiger partial charge < -0.3 is 4.90 Å². The van der Waals surface area contributed by atoms with E-state index in [1.165, 1.54) is 17.5 Å². The fourth-order valence-corrected chi connectivity index (χ4v) is 4.93. The number of pyridine rings is 1. The minimum absolute atomic E-state index is 0.0323. The quantitative estimate of drug-likeness (QED) is 0.455. The summed E-state index contributed by atoms with van der Waals surface area (Å²) < 4.78 is 0. The zero-order chi connectivity index (χ0) is 22.9. The maximum Gasteiger partial charge on any atom is 0.259 e. The lowest BCUT2D eigenvalue weighted by atomic mass is 10.0. The van der Waals surface area contributed by atoms with Crippen molar-refractivity contribution in [1.29, 1.82) is 0 Å². The first kappa shape index (κ1) is 21.0. The van der Waals surface area contributed by atoms with Crippen molar-refractivity contribution in [1.82, 2.24) is 9.97 Å². The van der Waals surface area contributed by atoms with E-state index in [0.29, 0.717) is 17.2 Å². The van der Waals surface area contributed by atoms with Gasteiger partial charge in [-0.2, -0.15) is 0 Å². The average Bonchev–Trinajstić information content (AvgIpc) is 3.42. The van der Waals surface area contributed by atoms with Crippen LogP contribution in [-0.2, 0) is 6.42 Å². The summed E-state index contributed by atoms with van der Waals surface area (Å²) in [5.74, 6) is -0.201. The molecule has 7 heteroatoms. The van der Waals surface area contributed by atoms with Crippen LogP contribution in [0.5, 0.6) is 0 Å². The topological polar surface area (TPSA) is 75.2 Å². The molecule has 0 aliphatic carbocycles. The molecule has 0 unspecified atom stereocenters. The number of carbonyl (C=O) groups is 2. The first-order valence-corrected chi connectivity index (χ1v) is 11.5. The number of thiazole rings is 1. The van der Waals surface area contributed by atoms with Crippen molar-refractivity contribution in [3.63, 3.8) is 0 Å². The lowest BCUT2D eigenvalue weighted by Gasteiger charge is -2.18. The smallest absolute Gasteiger partial charge is 0.259 e. The van der Waals surface area contributed by atoms with Gasteiger partial charge >= 0.3 is 0 Å². The summed E-state index contributed by atoms with van der Waals surface area (Å²) in [4.78, 5) is 37.1. The van der Waals surface area contributed by atoms with Crippen molar-refractivity contribution in [3.8, 4) is 11.3 Å². The number of anilines is 2. The van der Waals surface area contributed by atoms with E-state index in [1.807, 2.05) is 55.1 Å². The molecular weight excluding hydrogens is 432 g/mol. The fourth-order valence-electron chi connectivity index (χ4n) is 4.10. The second kappa shape index (κ2) is 8.60. The normalized spacial score (nSPS) is 12.5. The summed E-state index contributed by atoms with van der Waals surface area (Å²) in [5.41, 5.74) is 6.10. The molecule has 2 aromatic heterocycles. The molecule has 0 saturated heterocycles. The van der Waals surface area contributed by atoms with Gasteiger partial charge in [0.2, 0.25) is 0 Å². The van der Waals surface area contributed by atoms with Gasteiger partial charge in [0.15, 0.2) is 5.13 Å². The molecular formula is C26H22N4O2S. The molecule has 1 aliphatic heterocycles. The molecule has 0 spiro atoms. The van der Waals surface area contributed by atoms with Crippen LogP contribution in [0.25, 0.3) is 11.3 Å². The lowest BCUT2D eigenvalue weighted by Crippen LogP contribution is -2.29. The number of nitrogens with zero attached hydrogens (tertiary/aromatic N) is 3. The molecule has 0 bridgehead atoms. The van der Waals surface area contributed by atoms with Crippen molar-refractivity contribution in [2.45, 2.75) is 20.3 Å². The number of rotatable bonds is 4. The number of aryl methyl sites for hydroxylation is 2. The largest absolute Gasteiger partial charge is 0.308 e. The highest BCUT2D eigenvalue weighted by molar-refractivity contribution is 7.16. The predicted octanol–water partition coefficient (Wildman–Crippen LogP) is 5.28. The van der Waals surface area contributed by atoms with Gasteiger partial charge in [0, 0.05) is 40.6 Å². The minimum Gasteiger partial charge on any atom is -0.308 e. The van der Waals surface area contributed by atoms with E-state index >= 15 is 0 Å². The minimum atomic E-state index is -0.234. The molecule has 0 saturated carbocycles. The molecule has 2 aromatic carbocycles. The van der Waals surface area contributed by atoms with E-state index in [1.54, 1.807) is 18.3 Å². The number of fused-ring (bicyclic) bond motifs is 1. The molecule has 0 atom stereocenters. The number of benzene rings is 2. The molecule has 0 fully saturated rings. The van der Waals surface area contributed by atoms with E-state index in [9.17, 15) is 9.59 Å². The second-order valence-electron chi connectivity index (χ2n) is 7.98. The second-order valence-corrected chi connectivity index (χ2v) is 9.19. The molecule has 1 aliphatic rings. The third kappa shape index (κ3) is 4.03. The van der Waals surface area contributed by atoms with E-state index in [-0.39, 0.29) is 11.8 Å². The maximum atomic E-state index is 13.1. The van der Waals surface area contributed by atoms with Crippen molar-refractivity contribution in [2.75, 3.05) is 16.8 Å². The van der Waals surface area contributed by atoms with Crippen LogP contribution < -0.4 is 10.2 Å². The Labute approximate surface area is 195 Å². The molecule has 164 valence electrons. The standard InChI is InChI=1S/C26H22N4O2S/c1-16-6-3-4-8-21(16)25(32)30-13-11-18-14-19(9-10-22(18)30)23-17(2)33-26(28-23)29-24(31)20-7-5-12-27-15-20/h3-10,12,14-15H,11,13H2,1-2H3,(H,28,29,31). The molecule has 4 aromatic rings. The third-order valence-electron chi connectivity index (χ3n) is 5.81. The van der Waals surface area contributed by atoms with E-state index in [4.69, 9.17) is 0 Å². The first-order valence-electron chi connectivity index (χ1n) is 10.7. The van der Waals surface area contributed by atoms with Crippen LogP contribution >= 0.6 is 11.3 Å². The first-order chi connectivity index (χ1) is 16.0. The molecule has 0 radical (unpaired) electrons. The highest BCUT2D eigenvalue weighted by atomic mass is 32.1. The molecule has 3 heterocycles. The highest BCUT2D eigenvalue weighted by Gasteiger charge is 2.27. The summed E-state index contributed by atoms with van der Waals surface area (Å²) in [6.07, 6.45) is 3.96.